The van der Waals surface area contributed by atoms with Crippen molar-refractivity contribution in [2.24, 2.45) is 5.41 Å². The molecule has 0 amide bonds. The summed E-state index contributed by atoms with van der Waals surface area (Å²) in [5.41, 5.74) is 0.343. The second-order valence-corrected chi connectivity index (χ2v) is 16.6. The van der Waals surface area contributed by atoms with E-state index in [1.165, 1.54) is 19.4 Å². The SMILES string of the molecule is COC(=O)C1(C(=O)OC)C=C2C=CCC(NS(=O)C(C)(C)C)C([Si](C)(C)C)=C2C1. The molecule has 0 aromatic rings. The van der Waals surface area contributed by atoms with Crippen LogP contribution in [0.4, 0.5) is 0 Å². The zero-order valence-electron chi connectivity index (χ0n) is 18.7. The first-order valence-corrected chi connectivity index (χ1v) is 14.4. The van der Waals surface area contributed by atoms with Gasteiger partial charge in [0.25, 0.3) is 0 Å². The fraction of sp³-hybridized carbons (Fsp3) is 0.619. The number of fused-ring (bicyclic) bond motifs is 1. The third kappa shape index (κ3) is 4.64. The summed E-state index contributed by atoms with van der Waals surface area (Å²) in [5.74, 6) is -1.24. The second kappa shape index (κ2) is 8.32. The maximum absolute atomic E-state index is 12.9. The molecular weight excluding hydrogens is 406 g/mol. The van der Waals surface area contributed by atoms with Gasteiger partial charge in [-0.1, -0.05) is 37.0 Å². The second-order valence-electron chi connectivity index (χ2n) is 9.56. The highest BCUT2D eigenvalue weighted by molar-refractivity contribution is 7.84. The van der Waals surface area contributed by atoms with Crippen LogP contribution in [-0.2, 0) is 30.0 Å². The molecule has 0 aromatic heterocycles. The lowest BCUT2D eigenvalue weighted by Crippen LogP contribution is -2.46. The van der Waals surface area contributed by atoms with Crippen LogP contribution in [-0.4, -0.2) is 49.2 Å². The molecule has 8 heteroatoms. The summed E-state index contributed by atoms with van der Waals surface area (Å²) in [4.78, 5) is 25.3. The molecule has 2 atom stereocenters. The molecule has 0 saturated heterocycles. The van der Waals surface area contributed by atoms with Crippen LogP contribution < -0.4 is 4.72 Å². The lowest BCUT2D eigenvalue weighted by molar-refractivity contribution is -0.164. The molecule has 0 saturated carbocycles. The van der Waals surface area contributed by atoms with Crippen molar-refractivity contribution >= 4 is 31.0 Å². The van der Waals surface area contributed by atoms with Gasteiger partial charge in [0.2, 0.25) is 0 Å². The van der Waals surface area contributed by atoms with Crippen molar-refractivity contribution in [3.8, 4) is 0 Å². The number of carbonyl (C=O) groups is 2. The summed E-state index contributed by atoms with van der Waals surface area (Å²) in [6.07, 6.45) is 6.54. The number of hydrogen-bond donors (Lipinski definition) is 1. The Labute approximate surface area is 177 Å². The van der Waals surface area contributed by atoms with E-state index in [1.54, 1.807) is 6.08 Å². The number of allylic oxidation sites excluding steroid dienone is 3. The third-order valence-corrected chi connectivity index (χ3v) is 9.14. The molecule has 2 unspecified atom stereocenters. The highest BCUT2D eigenvalue weighted by Crippen LogP contribution is 2.47. The topological polar surface area (TPSA) is 81.7 Å². The standard InChI is InChI=1S/C21H33NO5SSi/c1-20(2,3)28(25)22-16-11-9-10-14-12-21(18(23)26-4,19(24)27-5)13-15(14)17(16)29(6,7)8/h9-10,12,16,22H,11,13H2,1-8H3. The summed E-state index contributed by atoms with van der Waals surface area (Å²) in [6, 6.07) is -0.120. The van der Waals surface area contributed by atoms with Gasteiger partial charge in [-0.25, -0.2) is 8.93 Å². The Balaban J connectivity index is 2.65. The minimum absolute atomic E-state index is 0.120. The van der Waals surface area contributed by atoms with E-state index in [1.807, 2.05) is 32.9 Å². The van der Waals surface area contributed by atoms with E-state index in [0.717, 1.165) is 11.1 Å². The monoisotopic (exact) mass is 439 g/mol. The minimum Gasteiger partial charge on any atom is -0.468 e. The molecule has 29 heavy (non-hydrogen) atoms. The van der Waals surface area contributed by atoms with Gasteiger partial charge in [0.1, 0.15) is 0 Å². The van der Waals surface area contributed by atoms with Gasteiger partial charge in [-0.15, -0.1) is 0 Å². The average molecular weight is 440 g/mol. The van der Waals surface area contributed by atoms with Crippen LogP contribution in [0.1, 0.15) is 33.6 Å². The Bertz CT molecular complexity index is 798. The molecule has 6 nitrogen and oxygen atoms in total. The minimum atomic E-state index is -1.92. The molecule has 0 aromatic carbocycles. The average Bonchev–Trinajstić information content (AvgIpc) is 2.90. The normalized spacial score (nSPS) is 22.5. The van der Waals surface area contributed by atoms with Gasteiger partial charge in [-0.05, 0) is 44.4 Å². The number of hydrogen-bond acceptors (Lipinski definition) is 5. The van der Waals surface area contributed by atoms with Gasteiger partial charge in [0.15, 0.2) is 5.41 Å². The maximum atomic E-state index is 12.9. The highest BCUT2D eigenvalue weighted by atomic mass is 32.2. The highest BCUT2D eigenvalue weighted by Gasteiger charge is 2.52. The van der Waals surface area contributed by atoms with Crippen LogP contribution in [0.15, 0.2) is 34.6 Å². The van der Waals surface area contributed by atoms with Gasteiger partial charge in [-0.3, -0.25) is 9.59 Å². The van der Waals surface area contributed by atoms with Crippen molar-refractivity contribution in [2.75, 3.05) is 14.2 Å². The Hall–Kier alpha value is -1.51. The Kier molecular flexibility index (Phi) is 6.81. The number of ether oxygens (including phenoxy) is 2. The van der Waals surface area contributed by atoms with Crippen molar-refractivity contribution < 1.29 is 23.3 Å². The predicted octanol–water partition coefficient (Wildman–Crippen LogP) is 3.20. The van der Waals surface area contributed by atoms with Crippen LogP contribution in [0.25, 0.3) is 0 Å². The Morgan fingerprint density at radius 3 is 2.17 bits per heavy atom. The van der Waals surface area contributed by atoms with E-state index in [4.69, 9.17) is 9.47 Å². The zero-order valence-corrected chi connectivity index (χ0v) is 20.5. The third-order valence-electron chi connectivity index (χ3n) is 5.26. The van der Waals surface area contributed by atoms with E-state index in [9.17, 15) is 13.8 Å². The fourth-order valence-electron chi connectivity index (χ4n) is 3.94. The lowest BCUT2D eigenvalue weighted by atomic mass is 9.86. The first kappa shape index (κ1) is 23.8. The van der Waals surface area contributed by atoms with Crippen LogP contribution >= 0.6 is 0 Å². The van der Waals surface area contributed by atoms with Crippen LogP contribution in [0.3, 0.4) is 0 Å². The maximum Gasteiger partial charge on any atom is 0.327 e. The zero-order chi connectivity index (χ0) is 22.2. The van der Waals surface area contributed by atoms with Gasteiger partial charge in [-0.2, -0.15) is 0 Å². The predicted molar refractivity (Wildman–Crippen MR) is 118 cm³/mol. The molecule has 2 rings (SSSR count). The molecule has 0 spiro atoms. The first-order valence-electron chi connectivity index (χ1n) is 9.76. The largest absolute Gasteiger partial charge is 0.468 e. The number of carbonyl (C=O) groups excluding carboxylic acids is 2. The molecule has 2 aliphatic rings. The van der Waals surface area contributed by atoms with Gasteiger partial charge >= 0.3 is 11.9 Å². The number of esters is 2. The summed E-state index contributed by atoms with van der Waals surface area (Å²) >= 11 is 0. The van der Waals surface area contributed by atoms with Crippen molar-refractivity contribution in [2.45, 2.75) is 64.0 Å². The molecule has 0 heterocycles. The van der Waals surface area contributed by atoms with Crippen LogP contribution in [0.5, 0.6) is 0 Å². The van der Waals surface area contributed by atoms with Crippen molar-refractivity contribution in [1.82, 2.24) is 4.72 Å². The van der Waals surface area contributed by atoms with E-state index >= 15 is 0 Å². The fourth-order valence-corrected chi connectivity index (χ4v) is 7.25. The molecule has 1 N–H and O–H groups in total. The molecule has 162 valence electrons. The van der Waals surface area contributed by atoms with E-state index in [-0.39, 0.29) is 12.5 Å². The van der Waals surface area contributed by atoms with Crippen LogP contribution in [0.2, 0.25) is 19.6 Å². The van der Waals surface area contributed by atoms with E-state index in [0.29, 0.717) is 6.42 Å². The molecule has 0 fully saturated rings. The number of rotatable bonds is 5. The summed E-state index contributed by atoms with van der Waals surface area (Å²) < 4.78 is 25.7. The summed E-state index contributed by atoms with van der Waals surface area (Å²) in [7, 11) is -0.607. The van der Waals surface area contributed by atoms with Crippen molar-refractivity contribution in [3.05, 3.63) is 34.6 Å². The molecule has 0 radical (unpaired) electrons. The summed E-state index contributed by atoms with van der Waals surface area (Å²) in [6.45, 7) is 12.5. The van der Waals surface area contributed by atoms with E-state index < -0.39 is 41.2 Å². The molecule has 0 bridgehead atoms. The molecule has 2 aliphatic carbocycles. The van der Waals surface area contributed by atoms with Gasteiger partial charge in [0, 0.05) is 12.5 Å². The van der Waals surface area contributed by atoms with Gasteiger partial charge in [0.05, 0.1) is 38.0 Å². The number of nitrogens with one attached hydrogen (secondary N) is 1. The smallest absolute Gasteiger partial charge is 0.327 e. The Morgan fingerprint density at radius 2 is 1.72 bits per heavy atom. The lowest BCUT2D eigenvalue weighted by Gasteiger charge is -2.33. The van der Waals surface area contributed by atoms with Gasteiger partial charge < -0.3 is 9.47 Å². The quantitative estimate of drug-likeness (QED) is 0.404. The molecule has 0 aliphatic heterocycles. The van der Waals surface area contributed by atoms with Crippen molar-refractivity contribution in [3.63, 3.8) is 0 Å². The number of methoxy groups -OCH3 is 2. The van der Waals surface area contributed by atoms with E-state index in [2.05, 4.69) is 24.4 Å². The van der Waals surface area contributed by atoms with Crippen molar-refractivity contribution in [1.29, 1.82) is 0 Å². The van der Waals surface area contributed by atoms with Crippen LogP contribution in [0, 0.1) is 5.41 Å². The molecular formula is C21H33NO5SSi. The summed E-state index contributed by atoms with van der Waals surface area (Å²) in [5, 5.41) is 1.18. The Morgan fingerprint density at radius 1 is 1.17 bits per heavy atom. The first-order chi connectivity index (χ1) is 13.3.